The van der Waals surface area contributed by atoms with E-state index in [9.17, 15) is 18.7 Å². The van der Waals surface area contributed by atoms with Crippen LogP contribution in [0.4, 0.5) is 8.78 Å². The molecule has 0 spiro atoms. The van der Waals surface area contributed by atoms with Gasteiger partial charge in [0, 0.05) is 11.1 Å². The Labute approximate surface area is 119 Å². The molecule has 2 rings (SSSR count). The SMILES string of the molecule is O=C(O)C(Cc1ccc(F)cc1F)c1cccc(Cl)c1. The normalized spacial score (nSPS) is 12.2. The van der Waals surface area contributed by atoms with Crippen LogP contribution in [0.15, 0.2) is 42.5 Å². The number of carbonyl (C=O) groups is 1. The number of carboxylic acid groups (broad SMARTS) is 1. The minimum Gasteiger partial charge on any atom is -0.481 e. The molecule has 0 amide bonds. The average Bonchev–Trinajstić information content (AvgIpc) is 2.37. The van der Waals surface area contributed by atoms with Gasteiger partial charge in [-0.25, -0.2) is 8.78 Å². The zero-order valence-electron chi connectivity index (χ0n) is 10.3. The first-order valence-corrected chi connectivity index (χ1v) is 6.27. The van der Waals surface area contributed by atoms with Gasteiger partial charge in [-0.05, 0) is 35.7 Å². The van der Waals surface area contributed by atoms with Crippen LogP contribution in [0.3, 0.4) is 0 Å². The average molecular weight is 297 g/mol. The van der Waals surface area contributed by atoms with E-state index < -0.39 is 23.5 Å². The fraction of sp³-hybridized carbons (Fsp3) is 0.133. The number of aliphatic carboxylic acids is 1. The zero-order chi connectivity index (χ0) is 14.7. The fourth-order valence-electron chi connectivity index (χ4n) is 1.98. The van der Waals surface area contributed by atoms with Crippen LogP contribution in [0, 0.1) is 11.6 Å². The second kappa shape index (κ2) is 6.01. The van der Waals surface area contributed by atoms with Gasteiger partial charge >= 0.3 is 5.97 Å². The van der Waals surface area contributed by atoms with E-state index in [2.05, 4.69) is 0 Å². The largest absolute Gasteiger partial charge is 0.481 e. The standard InChI is InChI=1S/C15H11ClF2O2/c16-11-3-1-2-9(6-11)13(15(19)20)7-10-4-5-12(17)8-14(10)18/h1-6,8,13H,7H2,(H,19,20). The summed E-state index contributed by atoms with van der Waals surface area (Å²) in [7, 11) is 0. The van der Waals surface area contributed by atoms with Crippen molar-refractivity contribution in [1.29, 1.82) is 0 Å². The van der Waals surface area contributed by atoms with Crippen LogP contribution in [0.1, 0.15) is 17.0 Å². The summed E-state index contributed by atoms with van der Waals surface area (Å²) >= 11 is 5.83. The van der Waals surface area contributed by atoms with Crippen molar-refractivity contribution in [3.63, 3.8) is 0 Å². The maximum absolute atomic E-state index is 13.6. The lowest BCUT2D eigenvalue weighted by Gasteiger charge is -2.13. The highest BCUT2D eigenvalue weighted by Crippen LogP contribution is 2.25. The van der Waals surface area contributed by atoms with Crippen molar-refractivity contribution in [3.8, 4) is 0 Å². The minimum atomic E-state index is -1.09. The highest BCUT2D eigenvalue weighted by molar-refractivity contribution is 6.30. The van der Waals surface area contributed by atoms with E-state index in [4.69, 9.17) is 11.6 Å². The van der Waals surface area contributed by atoms with Crippen LogP contribution in [-0.4, -0.2) is 11.1 Å². The summed E-state index contributed by atoms with van der Waals surface area (Å²) in [5.41, 5.74) is 0.632. The van der Waals surface area contributed by atoms with Gasteiger partial charge in [0.2, 0.25) is 0 Å². The van der Waals surface area contributed by atoms with E-state index in [1.807, 2.05) is 0 Å². The first-order valence-electron chi connectivity index (χ1n) is 5.89. The topological polar surface area (TPSA) is 37.3 Å². The summed E-state index contributed by atoms with van der Waals surface area (Å²) in [5, 5.41) is 9.70. The maximum atomic E-state index is 13.6. The molecule has 2 nitrogen and oxygen atoms in total. The van der Waals surface area contributed by atoms with Crippen LogP contribution in [-0.2, 0) is 11.2 Å². The van der Waals surface area contributed by atoms with Crippen LogP contribution in [0.2, 0.25) is 5.02 Å². The van der Waals surface area contributed by atoms with E-state index in [-0.39, 0.29) is 12.0 Å². The quantitative estimate of drug-likeness (QED) is 0.925. The highest BCUT2D eigenvalue weighted by atomic mass is 35.5. The van der Waals surface area contributed by atoms with Crippen molar-refractivity contribution < 1.29 is 18.7 Å². The molecule has 1 atom stereocenters. The van der Waals surface area contributed by atoms with Gasteiger partial charge in [-0.2, -0.15) is 0 Å². The molecule has 0 aliphatic rings. The van der Waals surface area contributed by atoms with Gasteiger partial charge in [0.15, 0.2) is 0 Å². The van der Waals surface area contributed by atoms with E-state index in [0.717, 1.165) is 12.1 Å². The molecule has 0 saturated heterocycles. The third-order valence-corrected chi connectivity index (χ3v) is 3.22. The smallest absolute Gasteiger partial charge is 0.311 e. The van der Waals surface area contributed by atoms with Gasteiger partial charge in [0.1, 0.15) is 11.6 Å². The van der Waals surface area contributed by atoms with E-state index in [0.29, 0.717) is 10.6 Å². The Balaban J connectivity index is 2.33. The predicted octanol–water partition coefficient (Wildman–Crippen LogP) is 4.03. The van der Waals surface area contributed by atoms with Gasteiger partial charge in [0.25, 0.3) is 0 Å². The summed E-state index contributed by atoms with van der Waals surface area (Å²) in [4.78, 5) is 11.4. The van der Waals surface area contributed by atoms with Crippen molar-refractivity contribution in [2.24, 2.45) is 0 Å². The van der Waals surface area contributed by atoms with Crippen molar-refractivity contribution in [2.75, 3.05) is 0 Å². The summed E-state index contributed by atoms with van der Waals surface area (Å²) < 4.78 is 26.5. The molecular weight excluding hydrogens is 286 g/mol. The summed E-state index contributed by atoms with van der Waals surface area (Å²) in [6.07, 6.45) is -0.0677. The molecule has 0 saturated carbocycles. The van der Waals surface area contributed by atoms with Gasteiger partial charge in [0.05, 0.1) is 5.92 Å². The molecule has 5 heteroatoms. The Morgan fingerprint density at radius 3 is 2.55 bits per heavy atom. The fourth-order valence-corrected chi connectivity index (χ4v) is 2.18. The minimum absolute atomic E-state index is 0.0677. The Morgan fingerprint density at radius 2 is 1.95 bits per heavy atom. The third kappa shape index (κ3) is 3.33. The molecular formula is C15H11ClF2O2. The van der Waals surface area contributed by atoms with Gasteiger partial charge in [-0.3, -0.25) is 4.79 Å². The van der Waals surface area contributed by atoms with Crippen molar-refractivity contribution >= 4 is 17.6 Å². The number of hydrogen-bond acceptors (Lipinski definition) is 1. The Bertz CT molecular complexity index is 644. The molecule has 104 valence electrons. The van der Waals surface area contributed by atoms with Gasteiger partial charge in [-0.15, -0.1) is 0 Å². The number of rotatable bonds is 4. The van der Waals surface area contributed by atoms with Crippen LogP contribution < -0.4 is 0 Å². The van der Waals surface area contributed by atoms with Crippen LogP contribution in [0.5, 0.6) is 0 Å². The van der Waals surface area contributed by atoms with Gasteiger partial charge < -0.3 is 5.11 Å². The number of hydrogen-bond donors (Lipinski definition) is 1. The summed E-state index contributed by atoms with van der Waals surface area (Å²) in [6, 6.07) is 9.51. The predicted molar refractivity (Wildman–Crippen MR) is 71.9 cm³/mol. The number of carboxylic acids is 1. The first kappa shape index (κ1) is 14.5. The molecule has 0 aliphatic heterocycles. The zero-order valence-corrected chi connectivity index (χ0v) is 11.1. The Kier molecular flexibility index (Phi) is 4.35. The number of halogens is 3. The molecule has 0 aliphatic carbocycles. The highest BCUT2D eigenvalue weighted by Gasteiger charge is 2.22. The number of benzene rings is 2. The first-order chi connectivity index (χ1) is 9.47. The van der Waals surface area contributed by atoms with Gasteiger partial charge in [-0.1, -0.05) is 29.8 Å². The molecule has 0 heterocycles. The van der Waals surface area contributed by atoms with E-state index in [1.165, 1.54) is 12.1 Å². The molecule has 20 heavy (non-hydrogen) atoms. The Hall–Kier alpha value is -1.94. The molecule has 0 fully saturated rings. The Morgan fingerprint density at radius 1 is 1.20 bits per heavy atom. The van der Waals surface area contributed by atoms with E-state index >= 15 is 0 Å². The lowest BCUT2D eigenvalue weighted by atomic mass is 9.92. The van der Waals surface area contributed by atoms with Crippen LogP contribution in [0.25, 0.3) is 0 Å². The van der Waals surface area contributed by atoms with Crippen molar-refractivity contribution in [1.82, 2.24) is 0 Å². The van der Waals surface area contributed by atoms with Crippen molar-refractivity contribution in [2.45, 2.75) is 12.3 Å². The molecule has 1 N–H and O–H groups in total. The summed E-state index contributed by atoms with van der Waals surface area (Å²) in [6.45, 7) is 0. The molecule has 0 radical (unpaired) electrons. The lowest BCUT2D eigenvalue weighted by Crippen LogP contribution is -2.15. The molecule has 1 unspecified atom stereocenters. The van der Waals surface area contributed by atoms with E-state index in [1.54, 1.807) is 18.2 Å². The lowest BCUT2D eigenvalue weighted by molar-refractivity contribution is -0.138. The monoisotopic (exact) mass is 296 g/mol. The molecule has 2 aromatic carbocycles. The molecule has 0 bridgehead atoms. The van der Waals surface area contributed by atoms with Crippen molar-refractivity contribution in [3.05, 3.63) is 70.2 Å². The summed E-state index contributed by atoms with van der Waals surface area (Å²) in [5.74, 6) is -3.47. The molecule has 0 aromatic heterocycles. The second-order valence-corrected chi connectivity index (χ2v) is 4.82. The van der Waals surface area contributed by atoms with Crippen LogP contribution >= 0.6 is 11.6 Å². The second-order valence-electron chi connectivity index (χ2n) is 4.39. The third-order valence-electron chi connectivity index (χ3n) is 2.99. The molecule has 2 aromatic rings. The maximum Gasteiger partial charge on any atom is 0.311 e.